The van der Waals surface area contributed by atoms with Crippen molar-refractivity contribution in [3.63, 3.8) is 0 Å². The molecule has 0 saturated heterocycles. The second-order valence-electron chi connectivity index (χ2n) is 4.84. The Labute approximate surface area is 138 Å². The number of methoxy groups -OCH3 is 1. The molecule has 2 rings (SSSR count). The maximum Gasteiger partial charge on any atom is 0.270 e. The Morgan fingerprint density at radius 1 is 1.21 bits per heavy atom. The smallest absolute Gasteiger partial charge is 0.270 e. The highest BCUT2D eigenvalue weighted by Gasteiger charge is 2.24. The van der Waals surface area contributed by atoms with Crippen molar-refractivity contribution in [3.8, 4) is 5.75 Å². The largest absolute Gasteiger partial charge is 0.496 e. The second kappa shape index (κ2) is 6.67. The summed E-state index contributed by atoms with van der Waals surface area (Å²) in [5.41, 5.74) is -0.137. The van der Waals surface area contributed by atoms with Gasteiger partial charge in [0.25, 0.3) is 21.6 Å². The van der Waals surface area contributed by atoms with Crippen molar-refractivity contribution in [2.24, 2.45) is 0 Å². The summed E-state index contributed by atoms with van der Waals surface area (Å²) in [4.78, 5) is 22.4. The summed E-state index contributed by atoms with van der Waals surface area (Å²) >= 11 is 0. The Morgan fingerprint density at radius 2 is 1.88 bits per heavy atom. The van der Waals surface area contributed by atoms with E-state index in [1.807, 2.05) is 4.72 Å². The van der Waals surface area contributed by atoms with Crippen LogP contribution in [0.2, 0.25) is 0 Å². The van der Waals surface area contributed by atoms with Crippen molar-refractivity contribution in [2.45, 2.75) is 11.8 Å². The summed E-state index contributed by atoms with van der Waals surface area (Å²) in [6.45, 7) is 1.59. The van der Waals surface area contributed by atoms with E-state index in [2.05, 4.69) is 0 Å². The molecule has 0 saturated carbocycles. The molecule has 9 heteroatoms. The van der Waals surface area contributed by atoms with Crippen LogP contribution in [0.3, 0.4) is 0 Å². The average Bonchev–Trinajstić information content (AvgIpc) is 2.53. The van der Waals surface area contributed by atoms with Crippen molar-refractivity contribution >= 4 is 21.6 Å². The fraction of sp³-hybridized carbons (Fsp3) is 0.133. The van der Waals surface area contributed by atoms with Gasteiger partial charge in [-0.3, -0.25) is 14.9 Å². The van der Waals surface area contributed by atoms with Crippen LogP contribution in [-0.2, 0) is 10.0 Å². The maximum atomic E-state index is 12.3. The van der Waals surface area contributed by atoms with Crippen LogP contribution in [0.5, 0.6) is 5.75 Å². The summed E-state index contributed by atoms with van der Waals surface area (Å²) < 4.78 is 31.6. The molecule has 0 heterocycles. The summed E-state index contributed by atoms with van der Waals surface area (Å²) in [6, 6.07) is 9.49. The first-order chi connectivity index (χ1) is 11.3. The normalized spacial score (nSPS) is 10.9. The molecule has 2 aromatic rings. The minimum Gasteiger partial charge on any atom is -0.496 e. The van der Waals surface area contributed by atoms with Crippen LogP contribution in [0.25, 0.3) is 0 Å². The van der Waals surface area contributed by atoms with E-state index >= 15 is 0 Å². The Balaban J connectivity index is 2.41. The predicted octanol–water partition coefficient (Wildman–Crippen LogP) is 2.03. The molecule has 0 spiro atoms. The molecule has 1 N–H and O–H groups in total. The van der Waals surface area contributed by atoms with Gasteiger partial charge in [0.15, 0.2) is 0 Å². The first-order valence-electron chi connectivity index (χ1n) is 6.71. The molecule has 0 unspecified atom stereocenters. The van der Waals surface area contributed by atoms with Crippen LogP contribution in [-0.4, -0.2) is 26.4 Å². The number of nitrogens with zero attached hydrogens (tertiary/aromatic N) is 1. The SMILES string of the molecule is COc1ccc([N+](=O)[O-])cc1C(=O)NS(=O)(=O)c1ccccc1C. The number of amides is 1. The number of nitro benzene ring substituents is 1. The number of nitro groups is 1. The number of nitrogens with one attached hydrogen (secondary N) is 1. The van der Waals surface area contributed by atoms with E-state index < -0.39 is 20.9 Å². The van der Waals surface area contributed by atoms with Crippen molar-refractivity contribution in [1.29, 1.82) is 0 Å². The van der Waals surface area contributed by atoms with Gasteiger partial charge in [-0.2, -0.15) is 0 Å². The van der Waals surface area contributed by atoms with Gasteiger partial charge >= 0.3 is 0 Å². The number of hydrogen-bond acceptors (Lipinski definition) is 6. The van der Waals surface area contributed by atoms with Gasteiger partial charge in [-0.05, 0) is 24.6 Å². The van der Waals surface area contributed by atoms with E-state index in [9.17, 15) is 23.3 Å². The number of carbonyl (C=O) groups excluding carboxylic acids is 1. The quantitative estimate of drug-likeness (QED) is 0.651. The molecule has 8 nitrogen and oxygen atoms in total. The minimum atomic E-state index is -4.12. The maximum absolute atomic E-state index is 12.3. The van der Waals surface area contributed by atoms with Crippen molar-refractivity contribution < 1.29 is 22.9 Å². The van der Waals surface area contributed by atoms with Crippen LogP contribution < -0.4 is 9.46 Å². The summed E-state index contributed by atoms with van der Waals surface area (Å²) in [5.74, 6) is -0.989. The van der Waals surface area contributed by atoms with E-state index in [1.54, 1.807) is 19.1 Å². The van der Waals surface area contributed by atoms with Crippen LogP contribution in [0, 0.1) is 17.0 Å². The zero-order valence-electron chi connectivity index (χ0n) is 12.8. The summed E-state index contributed by atoms with van der Waals surface area (Å²) in [6.07, 6.45) is 0. The van der Waals surface area contributed by atoms with E-state index in [-0.39, 0.29) is 21.9 Å². The Morgan fingerprint density at radius 3 is 2.46 bits per heavy atom. The number of ether oxygens (including phenoxy) is 1. The van der Waals surface area contributed by atoms with Gasteiger partial charge in [-0.15, -0.1) is 0 Å². The molecule has 1 amide bonds. The minimum absolute atomic E-state index is 0.0260. The lowest BCUT2D eigenvalue weighted by Crippen LogP contribution is -2.31. The number of aryl methyl sites for hydroxylation is 1. The van der Waals surface area contributed by atoms with Crippen LogP contribution in [0.4, 0.5) is 5.69 Å². The molecule has 0 radical (unpaired) electrons. The van der Waals surface area contributed by atoms with Crippen molar-refractivity contribution in [1.82, 2.24) is 4.72 Å². The Kier molecular flexibility index (Phi) is 4.84. The van der Waals surface area contributed by atoms with Crippen LogP contribution in [0.1, 0.15) is 15.9 Å². The number of hydrogen-bond donors (Lipinski definition) is 1. The molecule has 0 bridgehead atoms. The van der Waals surface area contributed by atoms with E-state index in [0.717, 1.165) is 12.1 Å². The molecular formula is C15H14N2O6S. The Hall–Kier alpha value is -2.94. The van der Waals surface area contributed by atoms with E-state index in [4.69, 9.17) is 4.74 Å². The Bertz CT molecular complexity index is 908. The van der Waals surface area contributed by atoms with Gasteiger partial charge in [0.1, 0.15) is 5.75 Å². The fourth-order valence-corrected chi connectivity index (χ4v) is 3.29. The van der Waals surface area contributed by atoms with Crippen molar-refractivity contribution in [3.05, 3.63) is 63.7 Å². The molecule has 126 valence electrons. The zero-order chi connectivity index (χ0) is 17.9. The van der Waals surface area contributed by atoms with Gasteiger partial charge in [-0.25, -0.2) is 13.1 Å². The van der Waals surface area contributed by atoms with Crippen molar-refractivity contribution in [2.75, 3.05) is 7.11 Å². The molecule has 0 aliphatic rings. The third-order valence-corrected chi connectivity index (χ3v) is 4.74. The van der Waals surface area contributed by atoms with E-state index in [0.29, 0.717) is 5.56 Å². The molecule has 0 atom stereocenters. The lowest BCUT2D eigenvalue weighted by atomic mass is 10.1. The second-order valence-corrected chi connectivity index (χ2v) is 6.49. The predicted molar refractivity (Wildman–Crippen MR) is 85.5 cm³/mol. The molecular weight excluding hydrogens is 336 g/mol. The highest BCUT2D eigenvalue weighted by Crippen LogP contribution is 2.24. The number of benzene rings is 2. The lowest BCUT2D eigenvalue weighted by Gasteiger charge is -2.11. The van der Waals surface area contributed by atoms with Gasteiger partial charge in [0.05, 0.1) is 22.5 Å². The number of carbonyl (C=O) groups is 1. The van der Waals surface area contributed by atoms with E-state index in [1.165, 1.54) is 25.3 Å². The monoisotopic (exact) mass is 350 g/mol. The highest BCUT2D eigenvalue weighted by molar-refractivity contribution is 7.90. The number of sulfonamides is 1. The van der Waals surface area contributed by atoms with Gasteiger partial charge in [-0.1, -0.05) is 18.2 Å². The standard InChI is InChI=1S/C15H14N2O6S/c1-10-5-3-4-6-14(10)24(21,22)16-15(18)12-9-11(17(19)20)7-8-13(12)23-2/h3-9H,1-2H3,(H,16,18). The van der Waals surface area contributed by atoms with Crippen LogP contribution >= 0.6 is 0 Å². The molecule has 24 heavy (non-hydrogen) atoms. The summed E-state index contributed by atoms with van der Waals surface area (Å²) in [7, 11) is -2.85. The first kappa shape index (κ1) is 17.4. The highest BCUT2D eigenvalue weighted by atomic mass is 32.2. The van der Waals surface area contributed by atoms with Gasteiger partial charge < -0.3 is 4.74 Å². The van der Waals surface area contributed by atoms with Gasteiger partial charge in [0, 0.05) is 12.1 Å². The summed E-state index contributed by atoms with van der Waals surface area (Å²) in [5, 5.41) is 10.8. The molecule has 2 aromatic carbocycles. The molecule has 0 fully saturated rings. The molecule has 0 aliphatic carbocycles. The average molecular weight is 350 g/mol. The number of non-ortho nitro benzene ring substituents is 1. The first-order valence-corrected chi connectivity index (χ1v) is 8.20. The third-order valence-electron chi connectivity index (χ3n) is 3.25. The van der Waals surface area contributed by atoms with Gasteiger partial charge in [0.2, 0.25) is 0 Å². The fourth-order valence-electron chi connectivity index (χ4n) is 2.08. The molecule has 0 aliphatic heterocycles. The lowest BCUT2D eigenvalue weighted by molar-refractivity contribution is -0.384. The number of rotatable bonds is 5. The third kappa shape index (κ3) is 3.51. The molecule has 0 aromatic heterocycles. The zero-order valence-corrected chi connectivity index (χ0v) is 13.7. The van der Waals surface area contributed by atoms with Crippen LogP contribution in [0.15, 0.2) is 47.4 Å². The topological polar surface area (TPSA) is 116 Å².